The van der Waals surface area contributed by atoms with Crippen LogP contribution in [0.4, 0.5) is 0 Å². The van der Waals surface area contributed by atoms with Gasteiger partial charge in [0.1, 0.15) is 5.75 Å². The van der Waals surface area contributed by atoms with Crippen LogP contribution in [0.25, 0.3) is 0 Å². The summed E-state index contributed by atoms with van der Waals surface area (Å²) in [6.07, 6.45) is 1.79. The zero-order valence-electron chi connectivity index (χ0n) is 14.6. The van der Waals surface area contributed by atoms with E-state index in [4.69, 9.17) is 32.7 Å². The molecule has 0 amide bonds. The number of esters is 2. The number of hydrogen-bond donors (Lipinski definition) is 0. The zero-order valence-corrected chi connectivity index (χ0v) is 16.1. The third kappa shape index (κ3) is 6.04. The standard InChI is InChI=1S/C20H20Cl2O4/c1-13(2)5-4-10-25-19(23)14-6-3-7-15(11-14)20(24)26-18-9-8-16(21)12-17(18)22/h3,6-9,11-13H,4-5,10H2,1-2H3. The highest BCUT2D eigenvalue weighted by atomic mass is 35.5. The molecule has 0 N–H and O–H groups in total. The van der Waals surface area contributed by atoms with Crippen LogP contribution >= 0.6 is 23.2 Å². The molecule has 4 nitrogen and oxygen atoms in total. The summed E-state index contributed by atoms with van der Waals surface area (Å²) in [5.41, 5.74) is 0.527. The van der Waals surface area contributed by atoms with E-state index in [9.17, 15) is 9.59 Å². The average Bonchev–Trinajstić information content (AvgIpc) is 2.60. The molecule has 0 heterocycles. The Morgan fingerprint density at radius 2 is 1.69 bits per heavy atom. The Labute approximate surface area is 163 Å². The predicted octanol–water partition coefficient (Wildman–Crippen LogP) is 5.81. The Morgan fingerprint density at radius 3 is 2.35 bits per heavy atom. The van der Waals surface area contributed by atoms with Gasteiger partial charge in [-0.15, -0.1) is 0 Å². The van der Waals surface area contributed by atoms with E-state index in [0.29, 0.717) is 23.1 Å². The molecular weight excluding hydrogens is 375 g/mol. The van der Waals surface area contributed by atoms with Crippen LogP contribution in [0.15, 0.2) is 42.5 Å². The highest BCUT2D eigenvalue weighted by Crippen LogP contribution is 2.28. The van der Waals surface area contributed by atoms with Crippen LogP contribution in [0, 0.1) is 5.92 Å². The maximum atomic E-state index is 12.3. The van der Waals surface area contributed by atoms with Gasteiger partial charge >= 0.3 is 11.9 Å². The first kappa shape index (κ1) is 20.3. The lowest BCUT2D eigenvalue weighted by molar-refractivity contribution is 0.0494. The highest BCUT2D eigenvalue weighted by molar-refractivity contribution is 6.35. The molecule has 0 bridgehead atoms. The normalized spacial score (nSPS) is 10.7. The van der Waals surface area contributed by atoms with Gasteiger partial charge in [-0.2, -0.15) is 0 Å². The maximum Gasteiger partial charge on any atom is 0.343 e. The first-order chi connectivity index (χ1) is 12.4. The van der Waals surface area contributed by atoms with Crippen LogP contribution in [-0.4, -0.2) is 18.5 Å². The molecule has 138 valence electrons. The van der Waals surface area contributed by atoms with Crippen molar-refractivity contribution in [3.05, 3.63) is 63.6 Å². The summed E-state index contributed by atoms with van der Waals surface area (Å²) in [7, 11) is 0. The molecular formula is C20H20Cl2O4. The number of halogens is 2. The third-order valence-corrected chi connectivity index (χ3v) is 4.12. The van der Waals surface area contributed by atoms with E-state index in [1.807, 2.05) is 0 Å². The Bertz CT molecular complexity index is 787. The van der Waals surface area contributed by atoms with Crippen molar-refractivity contribution in [3.63, 3.8) is 0 Å². The zero-order chi connectivity index (χ0) is 19.1. The average molecular weight is 395 g/mol. The van der Waals surface area contributed by atoms with Crippen molar-refractivity contribution < 1.29 is 19.1 Å². The number of hydrogen-bond acceptors (Lipinski definition) is 4. The summed E-state index contributed by atoms with van der Waals surface area (Å²) < 4.78 is 10.5. The minimum absolute atomic E-state index is 0.197. The van der Waals surface area contributed by atoms with Gasteiger partial charge in [-0.05, 0) is 55.2 Å². The maximum absolute atomic E-state index is 12.3. The third-order valence-electron chi connectivity index (χ3n) is 3.59. The van der Waals surface area contributed by atoms with Gasteiger partial charge in [0.05, 0.1) is 22.8 Å². The van der Waals surface area contributed by atoms with Gasteiger partial charge in [-0.3, -0.25) is 0 Å². The van der Waals surface area contributed by atoms with Crippen molar-refractivity contribution in [2.45, 2.75) is 26.7 Å². The second-order valence-electron chi connectivity index (χ2n) is 6.22. The molecule has 2 rings (SSSR count). The molecule has 2 aromatic rings. The van der Waals surface area contributed by atoms with Crippen molar-refractivity contribution in [1.82, 2.24) is 0 Å². The fourth-order valence-electron chi connectivity index (χ4n) is 2.23. The summed E-state index contributed by atoms with van der Waals surface area (Å²) in [6.45, 7) is 4.58. The van der Waals surface area contributed by atoms with Crippen molar-refractivity contribution in [3.8, 4) is 5.75 Å². The number of carbonyl (C=O) groups excluding carboxylic acids is 2. The van der Waals surface area contributed by atoms with E-state index in [-0.39, 0.29) is 16.3 Å². The lowest BCUT2D eigenvalue weighted by atomic mass is 10.1. The Hall–Kier alpha value is -2.04. The monoisotopic (exact) mass is 394 g/mol. The van der Waals surface area contributed by atoms with Crippen LogP contribution in [0.2, 0.25) is 10.0 Å². The van der Waals surface area contributed by atoms with Gasteiger partial charge in [0.2, 0.25) is 0 Å². The minimum Gasteiger partial charge on any atom is -0.462 e. The molecule has 0 aliphatic carbocycles. The SMILES string of the molecule is CC(C)CCCOC(=O)c1cccc(C(=O)Oc2ccc(Cl)cc2Cl)c1. The van der Waals surface area contributed by atoms with E-state index < -0.39 is 11.9 Å². The van der Waals surface area contributed by atoms with Crippen LogP contribution in [-0.2, 0) is 4.74 Å². The Kier molecular flexibility index (Phi) is 7.49. The molecule has 0 unspecified atom stereocenters. The first-order valence-corrected chi connectivity index (χ1v) is 9.07. The highest BCUT2D eigenvalue weighted by Gasteiger charge is 2.15. The molecule has 0 aromatic heterocycles. The largest absolute Gasteiger partial charge is 0.462 e. The van der Waals surface area contributed by atoms with E-state index in [1.165, 1.54) is 18.2 Å². The van der Waals surface area contributed by atoms with Gasteiger partial charge in [-0.1, -0.05) is 43.1 Å². The molecule has 0 radical (unpaired) electrons. The molecule has 0 saturated carbocycles. The quantitative estimate of drug-likeness (QED) is 0.338. The van der Waals surface area contributed by atoms with E-state index in [0.717, 1.165) is 12.8 Å². The molecule has 0 atom stereocenters. The summed E-state index contributed by atoms with van der Waals surface area (Å²) >= 11 is 11.8. The van der Waals surface area contributed by atoms with Gasteiger partial charge in [0.15, 0.2) is 0 Å². The number of rotatable bonds is 7. The van der Waals surface area contributed by atoms with Crippen molar-refractivity contribution in [1.29, 1.82) is 0 Å². The molecule has 2 aromatic carbocycles. The van der Waals surface area contributed by atoms with Crippen LogP contribution in [0.5, 0.6) is 5.75 Å². The van der Waals surface area contributed by atoms with Gasteiger partial charge < -0.3 is 9.47 Å². The van der Waals surface area contributed by atoms with Crippen molar-refractivity contribution in [2.24, 2.45) is 5.92 Å². The van der Waals surface area contributed by atoms with E-state index >= 15 is 0 Å². The van der Waals surface area contributed by atoms with Gasteiger partial charge in [-0.25, -0.2) is 9.59 Å². The molecule has 0 aliphatic heterocycles. The minimum atomic E-state index is -0.622. The molecule has 0 aliphatic rings. The topological polar surface area (TPSA) is 52.6 Å². The fourth-order valence-corrected chi connectivity index (χ4v) is 2.68. The molecule has 0 saturated heterocycles. The van der Waals surface area contributed by atoms with Crippen molar-refractivity contribution in [2.75, 3.05) is 6.61 Å². The summed E-state index contributed by atoms with van der Waals surface area (Å²) in [4.78, 5) is 24.4. The Balaban J connectivity index is 2.01. The number of carbonyl (C=O) groups is 2. The van der Waals surface area contributed by atoms with E-state index in [1.54, 1.807) is 24.3 Å². The van der Waals surface area contributed by atoms with Gasteiger partial charge in [0, 0.05) is 5.02 Å². The smallest absolute Gasteiger partial charge is 0.343 e. The predicted molar refractivity (Wildman–Crippen MR) is 102 cm³/mol. The van der Waals surface area contributed by atoms with Crippen molar-refractivity contribution >= 4 is 35.1 Å². The second-order valence-corrected chi connectivity index (χ2v) is 7.06. The number of benzene rings is 2. The second kappa shape index (κ2) is 9.60. The number of ether oxygens (including phenoxy) is 2. The van der Waals surface area contributed by atoms with Crippen LogP contribution in [0.1, 0.15) is 47.4 Å². The van der Waals surface area contributed by atoms with E-state index in [2.05, 4.69) is 13.8 Å². The molecule has 0 spiro atoms. The molecule has 26 heavy (non-hydrogen) atoms. The lowest BCUT2D eigenvalue weighted by Crippen LogP contribution is -2.12. The fraction of sp³-hybridized carbons (Fsp3) is 0.300. The van der Waals surface area contributed by atoms with Crippen LogP contribution < -0.4 is 4.74 Å². The lowest BCUT2D eigenvalue weighted by Gasteiger charge is -2.09. The summed E-state index contributed by atoms with van der Waals surface area (Å²) in [5, 5.41) is 0.670. The molecule has 0 fully saturated rings. The van der Waals surface area contributed by atoms with Gasteiger partial charge in [0.25, 0.3) is 0 Å². The van der Waals surface area contributed by atoms with Crippen LogP contribution in [0.3, 0.4) is 0 Å². The molecule has 6 heteroatoms. The Morgan fingerprint density at radius 1 is 1.00 bits per heavy atom. The summed E-state index contributed by atoms with van der Waals surface area (Å²) in [6, 6.07) is 10.8. The first-order valence-electron chi connectivity index (χ1n) is 8.31. The summed E-state index contributed by atoms with van der Waals surface area (Å²) in [5.74, 6) is -0.328.